The van der Waals surface area contributed by atoms with Crippen LogP contribution in [0.1, 0.15) is 39.5 Å². The Morgan fingerprint density at radius 3 is 2.74 bits per heavy atom. The minimum Gasteiger partial charge on any atom is -0.508 e. The van der Waals surface area contributed by atoms with E-state index in [9.17, 15) is 5.11 Å². The summed E-state index contributed by atoms with van der Waals surface area (Å²) in [6.07, 6.45) is 4.95. The molecular weight excluding hydrogens is 240 g/mol. The van der Waals surface area contributed by atoms with Crippen LogP contribution >= 0.6 is 0 Å². The predicted molar refractivity (Wildman–Crippen MR) is 77.7 cm³/mol. The van der Waals surface area contributed by atoms with Gasteiger partial charge in [0, 0.05) is 12.7 Å². The molecule has 0 fully saturated rings. The van der Waals surface area contributed by atoms with Crippen molar-refractivity contribution in [3.63, 3.8) is 0 Å². The number of phenolic OH excluding ortho intramolecular Hbond substituents is 1. The summed E-state index contributed by atoms with van der Waals surface area (Å²) in [5.74, 6) is 1.58. The molecule has 1 unspecified atom stereocenters. The van der Waals surface area contributed by atoms with Crippen LogP contribution < -0.4 is 4.74 Å². The summed E-state index contributed by atoms with van der Waals surface area (Å²) >= 11 is 0. The van der Waals surface area contributed by atoms with Crippen molar-refractivity contribution in [2.45, 2.75) is 39.5 Å². The third-order valence-corrected chi connectivity index (χ3v) is 3.21. The van der Waals surface area contributed by atoms with Crippen LogP contribution in [0, 0.1) is 5.92 Å². The molecular formula is C16H26O3. The number of benzene rings is 1. The molecule has 0 aliphatic carbocycles. The molecule has 1 N–H and O–H groups in total. The van der Waals surface area contributed by atoms with Gasteiger partial charge in [-0.15, -0.1) is 0 Å². The van der Waals surface area contributed by atoms with E-state index in [2.05, 4.69) is 13.8 Å². The van der Waals surface area contributed by atoms with E-state index in [4.69, 9.17) is 9.47 Å². The van der Waals surface area contributed by atoms with Gasteiger partial charge in [-0.1, -0.05) is 39.2 Å². The molecule has 0 saturated carbocycles. The zero-order chi connectivity index (χ0) is 13.9. The smallest absolute Gasteiger partial charge is 0.123 e. The quantitative estimate of drug-likeness (QED) is 0.650. The Balaban J connectivity index is 2.10. The molecule has 0 aromatic heterocycles. The van der Waals surface area contributed by atoms with Crippen LogP contribution in [0.15, 0.2) is 24.3 Å². The van der Waals surface area contributed by atoms with Crippen molar-refractivity contribution in [3.8, 4) is 11.5 Å². The highest BCUT2D eigenvalue weighted by Gasteiger charge is 2.05. The van der Waals surface area contributed by atoms with E-state index in [0.29, 0.717) is 24.9 Å². The number of ether oxygens (including phenoxy) is 2. The summed E-state index contributed by atoms with van der Waals surface area (Å²) in [4.78, 5) is 0. The molecule has 0 saturated heterocycles. The third kappa shape index (κ3) is 7.06. The van der Waals surface area contributed by atoms with Gasteiger partial charge in [-0.3, -0.25) is 0 Å². The molecule has 0 radical (unpaired) electrons. The molecule has 0 amide bonds. The van der Waals surface area contributed by atoms with Crippen molar-refractivity contribution in [1.29, 1.82) is 0 Å². The van der Waals surface area contributed by atoms with Crippen molar-refractivity contribution in [2.24, 2.45) is 5.92 Å². The summed E-state index contributed by atoms with van der Waals surface area (Å²) in [7, 11) is 0. The minimum absolute atomic E-state index is 0.226. The maximum atomic E-state index is 9.29. The topological polar surface area (TPSA) is 38.7 Å². The Bertz CT molecular complexity index is 339. The van der Waals surface area contributed by atoms with Crippen molar-refractivity contribution in [1.82, 2.24) is 0 Å². The lowest BCUT2D eigenvalue weighted by molar-refractivity contribution is 0.0699. The van der Waals surface area contributed by atoms with E-state index >= 15 is 0 Å². The van der Waals surface area contributed by atoms with Gasteiger partial charge in [-0.25, -0.2) is 0 Å². The third-order valence-electron chi connectivity index (χ3n) is 3.21. The first kappa shape index (κ1) is 15.8. The number of unbranched alkanes of at least 4 members (excludes halogenated alkanes) is 1. The van der Waals surface area contributed by atoms with Gasteiger partial charge in [0.2, 0.25) is 0 Å². The van der Waals surface area contributed by atoms with Crippen molar-refractivity contribution >= 4 is 0 Å². The van der Waals surface area contributed by atoms with Gasteiger partial charge < -0.3 is 14.6 Å². The molecule has 0 bridgehead atoms. The fourth-order valence-corrected chi connectivity index (χ4v) is 1.94. The molecule has 3 nitrogen and oxygen atoms in total. The van der Waals surface area contributed by atoms with Gasteiger partial charge in [0.15, 0.2) is 0 Å². The highest BCUT2D eigenvalue weighted by atomic mass is 16.5. The van der Waals surface area contributed by atoms with E-state index < -0.39 is 0 Å². The standard InChI is InChI=1S/C16H26O3/c1-3-5-7-14(4-2)13-18-10-11-19-16-9-6-8-15(17)12-16/h6,8-9,12,14,17H,3-5,7,10-11,13H2,1-2H3. The second-order valence-electron chi connectivity index (χ2n) is 4.84. The fourth-order valence-electron chi connectivity index (χ4n) is 1.94. The molecule has 0 aliphatic rings. The predicted octanol–water partition coefficient (Wildman–Crippen LogP) is 4.00. The monoisotopic (exact) mass is 266 g/mol. The lowest BCUT2D eigenvalue weighted by Gasteiger charge is -2.14. The highest BCUT2D eigenvalue weighted by molar-refractivity contribution is 5.31. The second-order valence-corrected chi connectivity index (χ2v) is 4.84. The van der Waals surface area contributed by atoms with Crippen molar-refractivity contribution in [2.75, 3.05) is 19.8 Å². The molecule has 0 heterocycles. The molecule has 1 aromatic carbocycles. The maximum absolute atomic E-state index is 9.29. The number of aromatic hydroxyl groups is 1. The van der Waals surface area contributed by atoms with E-state index in [1.807, 2.05) is 6.07 Å². The Labute approximate surface area is 116 Å². The molecule has 1 aromatic rings. The molecule has 3 heteroatoms. The van der Waals surface area contributed by atoms with Gasteiger partial charge in [0.05, 0.1) is 6.61 Å². The fraction of sp³-hybridized carbons (Fsp3) is 0.625. The normalized spacial score (nSPS) is 12.3. The Morgan fingerprint density at radius 1 is 1.21 bits per heavy atom. The number of hydrogen-bond acceptors (Lipinski definition) is 3. The van der Waals surface area contributed by atoms with Gasteiger partial charge >= 0.3 is 0 Å². The van der Waals surface area contributed by atoms with Gasteiger partial charge in [0.25, 0.3) is 0 Å². The van der Waals surface area contributed by atoms with Crippen LogP contribution in [0.3, 0.4) is 0 Å². The van der Waals surface area contributed by atoms with Crippen LogP contribution in [0.4, 0.5) is 0 Å². The first-order valence-electron chi connectivity index (χ1n) is 7.25. The van der Waals surface area contributed by atoms with E-state index in [1.165, 1.54) is 25.7 Å². The average molecular weight is 266 g/mol. The molecule has 0 aliphatic heterocycles. The number of phenols is 1. The second kappa shape index (κ2) is 9.68. The number of hydrogen-bond donors (Lipinski definition) is 1. The summed E-state index contributed by atoms with van der Waals surface area (Å²) < 4.78 is 11.1. The Kier molecular flexibility index (Phi) is 8.07. The van der Waals surface area contributed by atoms with E-state index in [0.717, 1.165) is 6.61 Å². The number of rotatable bonds is 10. The first-order valence-corrected chi connectivity index (χ1v) is 7.25. The summed E-state index contributed by atoms with van der Waals surface area (Å²) in [5.41, 5.74) is 0. The van der Waals surface area contributed by atoms with Gasteiger partial charge in [-0.05, 0) is 24.5 Å². The summed E-state index contributed by atoms with van der Waals surface area (Å²) in [6.45, 7) is 6.37. The molecule has 1 rings (SSSR count). The maximum Gasteiger partial charge on any atom is 0.123 e. The van der Waals surface area contributed by atoms with Crippen molar-refractivity contribution in [3.05, 3.63) is 24.3 Å². The lowest BCUT2D eigenvalue weighted by atomic mass is 10.0. The molecule has 19 heavy (non-hydrogen) atoms. The molecule has 1 atom stereocenters. The first-order chi connectivity index (χ1) is 9.26. The van der Waals surface area contributed by atoms with E-state index in [-0.39, 0.29) is 5.75 Å². The van der Waals surface area contributed by atoms with Crippen LogP contribution in [0.2, 0.25) is 0 Å². The molecule has 108 valence electrons. The van der Waals surface area contributed by atoms with Crippen LogP contribution in [0.25, 0.3) is 0 Å². The summed E-state index contributed by atoms with van der Waals surface area (Å²) in [6, 6.07) is 6.83. The van der Waals surface area contributed by atoms with Gasteiger partial charge in [0.1, 0.15) is 18.1 Å². The molecule has 0 spiro atoms. The zero-order valence-corrected chi connectivity index (χ0v) is 12.1. The zero-order valence-electron chi connectivity index (χ0n) is 12.1. The van der Waals surface area contributed by atoms with Gasteiger partial charge in [-0.2, -0.15) is 0 Å². The van der Waals surface area contributed by atoms with E-state index in [1.54, 1.807) is 18.2 Å². The highest BCUT2D eigenvalue weighted by Crippen LogP contribution is 2.17. The average Bonchev–Trinajstić information content (AvgIpc) is 2.42. The van der Waals surface area contributed by atoms with Crippen LogP contribution in [-0.4, -0.2) is 24.9 Å². The Morgan fingerprint density at radius 2 is 2.05 bits per heavy atom. The SMILES string of the molecule is CCCCC(CC)COCCOc1cccc(O)c1. The minimum atomic E-state index is 0.226. The van der Waals surface area contributed by atoms with Crippen molar-refractivity contribution < 1.29 is 14.6 Å². The van der Waals surface area contributed by atoms with Crippen LogP contribution in [0.5, 0.6) is 11.5 Å². The lowest BCUT2D eigenvalue weighted by Crippen LogP contribution is -2.13. The Hall–Kier alpha value is -1.22. The largest absolute Gasteiger partial charge is 0.508 e. The summed E-state index contributed by atoms with van der Waals surface area (Å²) in [5, 5.41) is 9.29. The van der Waals surface area contributed by atoms with Crippen LogP contribution in [-0.2, 0) is 4.74 Å².